The van der Waals surface area contributed by atoms with E-state index in [-0.39, 0.29) is 23.9 Å². The number of aliphatic hydroxyl groups excluding tert-OH is 1. The van der Waals surface area contributed by atoms with Crippen molar-refractivity contribution in [1.82, 2.24) is 5.32 Å². The number of hydrogen-bond acceptors (Lipinski definition) is 2. The van der Waals surface area contributed by atoms with Crippen LogP contribution in [0.5, 0.6) is 0 Å². The third kappa shape index (κ3) is 3.93. The van der Waals surface area contributed by atoms with E-state index in [9.17, 15) is 4.79 Å². The van der Waals surface area contributed by atoms with Gasteiger partial charge in [-0.05, 0) is 19.8 Å². The first-order chi connectivity index (χ1) is 5.58. The van der Waals surface area contributed by atoms with Gasteiger partial charge < -0.3 is 10.4 Å². The SMILES string of the molecule is CCC(C)(CCO)NC(=O)CCl. The predicted octanol–water partition coefficient (Wildman–Crippen LogP) is 0.892. The Morgan fingerprint density at radius 3 is 2.58 bits per heavy atom. The fourth-order valence-corrected chi connectivity index (χ4v) is 1.01. The quantitative estimate of drug-likeness (QED) is 0.638. The Balaban J connectivity index is 4.03. The first-order valence-corrected chi connectivity index (χ1v) is 4.59. The molecule has 0 radical (unpaired) electrons. The lowest BCUT2D eigenvalue weighted by atomic mass is 9.95. The number of amides is 1. The summed E-state index contributed by atoms with van der Waals surface area (Å²) < 4.78 is 0. The molecular weight excluding hydrogens is 178 g/mol. The minimum absolute atomic E-state index is 0.0268. The molecule has 72 valence electrons. The van der Waals surface area contributed by atoms with Gasteiger partial charge in [0.1, 0.15) is 5.88 Å². The number of carbonyl (C=O) groups is 1. The largest absolute Gasteiger partial charge is 0.396 e. The third-order valence-corrected chi connectivity index (χ3v) is 2.25. The molecule has 0 rings (SSSR count). The Labute approximate surface area is 78.1 Å². The Kier molecular flexibility index (Phi) is 5.25. The number of nitrogens with one attached hydrogen (secondary N) is 1. The molecule has 0 aliphatic heterocycles. The number of halogens is 1. The summed E-state index contributed by atoms with van der Waals surface area (Å²) in [4.78, 5) is 10.9. The van der Waals surface area contributed by atoms with Crippen molar-refractivity contribution in [2.75, 3.05) is 12.5 Å². The van der Waals surface area contributed by atoms with E-state index in [1.165, 1.54) is 0 Å². The number of hydrogen-bond donors (Lipinski definition) is 2. The van der Waals surface area contributed by atoms with Gasteiger partial charge in [-0.25, -0.2) is 0 Å². The molecule has 0 aliphatic carbocycles. The Bertz CT molecular complexity index is 152. The van der Waals surface area contributed by atoms with E-state index in [1.54, 1.807) is 0 Å². The summed E-state index contributed by atoms with van der Waals surface area (Å²) in [5.74, 6) is -0.212. The van der Waals surface area contributed by atoms with Crippen LogP contribution < -0.4 is 5.32 Å². The molecule has 0 aliphatic rings. The standard InChI is InChI=1S/C8H16ClNO2/c1-3-8(2,4-5-11)10-7(12)6-9/h11H,3-6H2,1-2H3,(H,10,12). The van der Waals surface area contributed by atoms with Gasteiger partial charge in [0.25, 0.3) is 0 Å². The first kappa shape index (κ1) is 11.7. The smallest absolute Gasteiger partial charge is 0.235 e. The maximum Gasteiger partial charge on any atom is 0.235 e. The number of alkyl halides is 1. The van der Waals surface area contributed by atoms with Gasteiger partial charge in [0.05, 0.1) is 0 Å². The molecule has 0 bridgehead atoms. The Morgan fingerprint density at radius 1 is 1.67 bits per heavy atom. The van der Waals surface area contributed by atoms with E-state index < -0.39 is 0 Å². The van der Waals surface area contributed by atoms with Crippen molar-refractivity contribution in [2.45, 2.75) is 32.2 Å². The lowest BCUT2D eigenvalue weighted by molar-refractivity contribution is -0.120. The molecule has 0 aromatic carbocycles. The molecule has 0 saturated heterocycles. The van der Waals surface area contributed by atoms with Crippen LogP contribution in [0, 0.1) is 0 Å². The molecule has 0 saturated carbocycles. The molecule has 0 fully saturated rings. The zero-order valence-corrected chi connectivity index (χ0v) is 8.32. The first-order valence-electron chi connectivity index (χ1n) is 4.06. The molecule has 2 N–H and O–H groups in total. The normalized spacial score (nSPS) is 15.3. The zero-order chi connectivity index (χ0) is 9.61. The molecular formula is C8H16ClNO2. The van der Waals surface area contributed by atoms with Crippen LogP contribution in [0.4, 0.5) is 0 Å². The lowest BCUT2D eigenvalue weighted by Gasteiger charge is -2.28. The van der Waals surface area contributed by atoms with Crippen molar-refractivity contribution in [2.24, 2.45) is 0 Å². The molecule has 0 heterocycles. The Morgan fingerprint density at radius 2 is 2.25 bits per heavy atom. The summed E-state index contributed by atoms with van der Waals surface area (Å²) in [5, 5.41) is 11.5. The number of carbonyl (C=O) groups excluding carboxylic acids is 1. The van der Waals surface area contributed by atoms with E-state index >= 15 is 0 Å². The summed E-state index contributed by atoms with van der Waals surface area (Å²) in [5.41, 5.74) is -0.319. The van der Waals surface area contributed by atoms with Crippen molar-refractivity contribution in [3.63, 3.8) is 0 Å². The topological polar surface area (TPSA) is 49.3 Å². The molecule has 4 heteroatoms. The Hall–Kier alpha value is -0.280. The molecule has 3 nitrogen and oxygen atoms in total. The van der Waals surface area contributed by atoms with Crippen molar-refractivity contribution >= 4 is 17.5 Å². The van der Waals surface area contributed by atoms with E-state index in [1.807, 2.05) is 13.8 Å². The van der Waals surface area contributed by atoms with E-state index in [0.717, 1.165) is 6.42 Å². The summed E-state index contributed by atoms with van der Waals surface area (Å²) in [6.45, 7) is 3.94. The van der Waals surface area contributed by atoms with Crippen molar-refractivity contribution in [3.05, 3.63) is 0 Å². The minimum Gasteiger partial charge on any atom is -0.396 e. The van der Waals surface area contributed by atoms with Gasteiger partial charge in [-0.1, -0.05) is 6.92 Å². The van der Waals surface area contributed by atoms with Crippen molar-refractivity contribution in [1.29, 1.82) is 0 Å². The van der Waals surface area contributed by atoms with Crippen LogP contribution in [0.15, 0.2) is 0 Å². The van der Waals surface area contributed by atoms with Crippen LogP contribution in [-0.2, 0) is 4.79 Å². The average molecular weight is 194 g/mol. The third-order valence-electron chi connectivity index (χ3n) is 2.01. The second-order valence-electron chi connectivity index (χ2n) is 3.07. The fourth-order valence-electron chi connectivity index (χ4n) is 0.944. The van der Waals surface area contributed by atoms with E-state index in [4.69, 9.17) is 16.7 Å². The monoisotopic (exact) mass is 193 g/mol. The van der Waals surface area contributed by atoms with Gasteiger partial charge in [-0.3, -0.25) is 4.79 Å². The van der Waals surface area contributed by atoms with E-state index in [2.05, 4.69) is 5.32 Å². The number of aliphatic hydroxyl groups is 1. The van der Waals surface area contributed by atoms with Gasteiger partial charge in [0.15, 0.2) is 0 Å². The summed E-state index contributed by atoms with van der Waals surface area (Å²) in [6, 6.07) is 0. The second kappa shape index (κ2) is 5.38. The molecule has 1 unspecified atom stereocenters. The maximum absolute atomic E-state index is 10.9. The van der Waals surface area contributed by atoms with Crippen LogP contribution in [0.3, 0.4) is 0 Å². The molecule has 1 atom stereocenters. The second-order valence-corrected chi connectivity index (χ2v) is 3.34. The van der Waals surface area contributed by atoms with Crippen molar-refractivity contribution in [3.8, 4) is 0 Å². The van der Waals surface area contributed by atoms with Gasteiger partial charge in [0.2, 0.25) is 5.91 Å². The van der Waals surface area contributed by atoms with Gasteiger partial charge in [-0.2, -0.15) is 0 Å². The summed E-state index contributed by atoms with van der Waals surface area (Å²) in [7, 11) is 0. The van der Waals surface area contributed by atoms with E-state index in [0.29, 0.717) is 6.42 Å². The molecule has 0 spiro atoms. The highest BCUT2D eigenvalue weighted by molar-refractivity contribution is 6.27. The fraction of sp³-hybridized carbons (Fsp3) is 0.875. The van der Waals surface area contributed by atoms with Gasteiger partial charge in [-0.15, -0.1) is 11.6 Å². The summed E-state index contributed by atoms with van der Waals surface area (Å²) >= 11 is 5.34. The predicted molar refractivity (Wildman–Crippen MR) is 49.3 cm³/mol. The highest BCUT2D eigenvalue weighted by Gasteiger charge is 2.22. The van der Waals surface area contributed by atoms with Crippen LogP contribution in [-0.4, -0.2) is 29.0 Å². The van der Waals surface area contributed by atoms with Crippen LogP contribution in [0.1, 0.15) is 26.7 Å². The molecule has 12 heavy (non-hydrogen) atoms. The van der Waals surface area contributed by atoms with Crippen LogP contribution >= 0.6 is 11.6 Å². The highest BCUT2D eigenvalue weighted by Crippen LogP contribution is 2.13. The van der Waals surface area contributed by atoms with Crippen molar-refractivity contribution < 1.29 is 9.90 Å². The summed E-state index contributed by atoms with van der Waals surface area (Å²) in [6.07, 6.45) is 1.35. The zero-order valence-electron chi connectivity index (χ0n) is 7.56. The van der Waals surface area contributed by atoms with Gasteiger partial charge in [0, 0.05) is 12.1 Å². The molecule has 0 aromatic rings. The van der Waals surface area contributed by atoms with Gasteiger partial charge >= 0.3 is 0 Å². The number of rotatable bonds is 5. The lowest BCUT2D eigenvalue weighted by Crippen LogP contribution is -2.46. The molecule has 1 amide bonds. The minimum atomic E-state index is -0.319. The maximum atomic E-state index is 10.9. The average Bonchev–Trinajstić information content (AvgIpc) is 2.05. The van der Waals surface area contributed by atoms with Crippen LogP contribution in [0.2, 0.25) is 0 Å². The molecule has 0 aromatic heterocycles. The van der Waals surface area contributed by atoms with Crippen LogP contribution in [0.25, 0.3) is 0 Å². The highest BCUT2D eigenvalue weighted by atomic mass is 35.5.